The van der Waals surface area contributed by atoms with Gasteiger partial charge in [0.15, 0.2) is 5.82 Å². The van der Waals surface area contributed by atoms with Crippen molar-refractivity contribution < 1.29 is 9.50 Å². The highest BCUT2D eigenvalue weighted by atomic mass is 19.1. The predicted octanol–water partition coefficient (Wildman–Crippen LogP) is 3.06. The number of nitrogens with one attached hydrogen (secondary N) is 1. The molecule has 0 aliphatic carbocycles. The molecule has 1 saturated heterocycles. The molecule has 0 spiro atoms. The third kappa shape index (κ3) is 4.70. The Morgan fingerprint density at radius 3 is 2.74 bits per heavy atom. The average Bonchev–Trinajstić information content (AvgIpc) is 3.36. The van der Waals surface area contributed by atoms with E-state index in [9.17, 15) is 9.50 Å². The molecule has 0 saturated carbocycles. The van der Waals surface area contributed by atoms with Crippen molar-refractivity contribution in [2.75, 3.05) is 37.8 Å². The van der Waals surface area contributed by atoms with Crippen molar-refractivity contribution in [2.24, 2.45) is 0 Å². The first-order valence-electron chi connectivity index (χ1n) is 11.0. The van der Waals surface area contributed by atoms with Crippen molar-refractivity contribution in [2.45, 2.75) is 45.6 Å². The highest BCUT2D eigenvalue weighted by Crippen LogP contribution is 2.29. The van der Waals surface area contributed by atoms with Crippen LogP contribution in [0.25, 0.3) is 16.7 Å². The van der Waals surface area contributed by atoms with Crippen molar-refractivity contribution in [1.82, 2.24) is 25.1 Å². The summed E-state index contributed by atoms with van der Waals surface area (Å²) >= 11 is 0. The third-order valence-corrected chi connectivity index (χ3v) is 6.03. The number of nitrogens with zero attached hydrogens (tertiary/aromatic N) is 5. The molecular formula is C23H31FN6O. The Hall–Kier alpha value is -2.58. The zero-order valence-electron chi connectivity index (χ0n) is 18.5. The average molecular weight is 427 g/mol. The van der Waals surface area contributed by atoms with Crippen molar-refractivity contribution >= 4 is 16.7 Å². The van der Waals surface area contributed by atoms with Gasteiger partial charge >= 0.3 is 0 Å². The zero-order chi connectivity index (χ0) is 22.0. The van der Waals surface area contributed by atoms with Crippen molar-refractivity contribution in [3.05, 3.63) is 41.3 Å². The molecule has 3 aromatic rings. The largest absolute Gasteiger partial charge is 0.391 e. The second-order valence-electron chi connectivity index (χ2n) is 8.47. The predicted molar refractivity (Wildman–Crippen MR) is 121 cm³/mol. The molecule has 1 aliphatic rings. The number of alkyl halides is 1. The van der Waals surface area contributed by atoms with E-state index in [0.717, 1.165) is 48.5 Å². The van der Waals surface area contributed by atoms with Gasteiger partial charge in [-0.05, 0) is 62.4 Å². The fraction of sp³-hybridized carbons (Fsp3) is 0.522. The summed E-state index contributed by atoms with van der Waals surface area (Å²) in [6, 6.07) is 6.32. The summed E-state index contributed by atoms with van der Waals surface area (Å²) in [4.78, 5) is 11.3. The summed E-state index contributed by atoms with van der Waals surface area (Å²) in [6.45, 7) is 8.45. The van der Waals surface area contributed by atoms with Crippen LogP contribution in [0.1, 0.15) is 42.6 Å². The summed E-state index contributed by atoms with van der Waals surface area (Å²) in [5.41, 5.74) is 3.51. The molecule has 0 bridgehead atoms. The van der Waals surface area contributed by atoms with E-state index >= 15 is 0 Å². The summed E-state index contributed by atoms with van der Waals surface area (Å²) in [7, 11) is 0. The Kier molecular flexibility index (Phi) is 6.48. The summed E-state index contributed by atoms with van der Waals surface area (Å²) in [6.07, 6.45) is 3.25. The van der Waals surface area contributed by atoms with E-state index in [0.29, 0.717) is 24.8 Å². The lowest BCUT2D eigenvalue weighted by Gasteiger charge is -2.18. The fourth-order valence-electron chi connectivity index (χ4n) is 4.34. The van der Waals surface area contributed by atoms with Gasteiger partial charge in [-0.25, -0.2) is 19.0 Å². The Balaban J connectivity index is 1.66. The van der Waals surface area contributed by atoms with Gasteiger partial charge in [-0.2, -0.15) is 5.10 Å². The first-order valence-corrected chi connectivity index (χ1v) is 11.0. The summed E-state index contributed by atoms with van der Waals surface area (Å²) in [5.74, 6) is 2.57. The van der Waals surface area contributed by atoms with Gasteiger partial charge in [-0.15, -0.1) is 0 Å². The van der Waals surface area contributed by atoms with Crippen molar-refractivity contribution in [1.29, 1.82) is 0 Å². The Bertz CT molecular complexity index is 1050. The van der Waals surface area contributed by atoms with Crippen LogP contribution in [0.3, 0.4) is 0 Å². The van der Waals surface area contributed by atoms with Gasteiger partial charge in [-0.3, -0.25) is 0 Å². The maximum Gasteiger partial charge on any atom is 0.159 e. The number of benzene rings is 1. The van der Waals surface area contributed by atoms with Crippen LogP contribution in [0, 0.1) is 13.8 Å². The normalized spacial score (nSPS) is 17.6. The lowest BCUT2D eigenvalue weighted by Crippen LogP contribution is -2.23. The number of hydrogen-bond donors (Lipinski definition) is 2. The van der Waals surface area contributed by atoms with E-state index in [-0.39, 0.29) is 12.8 Å². The highest BCUT2D eigenvalue weighted by Gasteiger charge is 2.23. The fourth-order valence-corrected chi connectivity index (χ4v) is 4.34. The molecule has 3 heterocycles. The van der Waals surface area contributed by atoms with E-state index in [4.69, 9.17) is 0 Å². The topological polar surface area (TPSA) is 79.1 Å². The molecule has 2 aromatic heterocycles. The van der Waals surface area contributed by atoms with Gasteiger partial charge in [0.05, 0.1) is 17.8 Å². The molecule has 1 unspecified atom stereocenters. The first-order chi connectivity index (χ1) is 15.0. The molecule has 8 heteroatoms. The van der Waals surface area contributed by atoms with Gasteiger partial charge in [0.25, 0.3) is 0 Å². The number of β-amino-alcohol motifs (C(OH)–C–C–N with tert-alkyl or cyclic N) is 1. The smallest absolute Gasteiger partial charge is 0.159 e. The summed E-state index contributed by atoms with van der Waals surface area (Å²) in [5, 5.41) is 18.7. The summed E-state index contributed by atoms with van der Waals surface area (Å²) < 4.78 is 14.2. The molecule has 1 fully saturated rings. The van der Waals surface area contributed by atoms with E-state index in [2.05, 4.69) is 51.3 Å². The van der Waals surface area contributed by atoms with E-state index < -0.39 is 0 Å². The number of aromatic nitrogens is 4. The van der Waals surface area contributed by atoms with Crippen LogP contribution >= 0.6 is 0 Å². The molecule has 2 atom stereocenters. The molecule has 0 amide bonds. The first kappa shape index (κ1) is 21.6. The SMILES string of the molecule is Cc1nc(N2CC[C@@H](O)C2)cc(-n2ncc3cc(C)c(C(C)CCNCCF)cc32)n1. The number of hydrogen-bond acceptors (Lipinski definition) is 6. The molecular weight excluding hydrogens is 395 g/mol. The van der Waals surface area contributed by atoms with E-state index in [1.165, 1.54) is 11.1 Å². The van der Waals surface area contributed by atoms with Crippen molar-refractivity contribution in [3.8, 4) is 5.82 Å². The Labute approximate surface area is 182 Å². The monoisotopic (exact) mass is 426 g/mol. The minimum atomic E-state index is -0.338. The number of aryl methyl sites for hydroxylation is 2. The lowest BCUT2D eigenvalue weighted by atomic mass is 9.92. The van der Waals surface area contributed by atoms with Gasteiger partial charge in [0.1, 0.15) is 18.3 Å². The maximum absolute atomic E-state index is 12.3. The van der Waals surface area contributed by atoms with Crippen LogP contribution in [-0.4, -0.2) is 63.8 Å². The highest BCUT2D eigenvalue weighted by molar-refractivity contribution is 5.82. The number of aliphatic hydroxyl groups is 1. The second kappa shape index (κ2) is 9.28. The minimum absolute atomic E-state index is 0.310. The third-order valence-electron chi connectivity index (χ3n) is 6.03. The Morgan fingerprint density at radius 2 is 2.00 bits per heavy atom. The van der Waals surface area contributed by atoms with Crippen LogP contribution in [0.15, 0.2) is 24.4 Å². The quantitative estimate of drug-likeness (QED) is 0.539. The molecule has 0 radical (unpaired) electrons. The van der Waals surface area contributed by atoms with Gasteiger partial charge in [0, 0.05) is 31.1 Å². The van der Waals surface area contributed by atoms with Gasteiger partial charge in [-0.1, -0.05) is 6.92 Å². The molecule has 7 nitrogen and oxygen atoms in total. The van der Waals surface area contributed by atoms with Crippen LogP contribution < -0.4 is 10.2 Å². The Morgan fingerprint density at radius 1 is 1.19 bits per heavy atom. The molecule has 1 aliphatic heterocycles. The van der Waals surface area contributed by atoms with Gasteiger partial charge in [0.2, 0.25) is 0 Å². The molecule has 166 valence electrons. The molecule has 31 heavy (non-hydrogen) atoms. The standard InChI is InChI=1S/C23H31FN6O/c1-15(4-7-25-8-6-24)20-11-21-18(10-16(20)2)13-26-30(21)23-12-22(27-17(3)28-23)29-9-5-19(31)14-29/h10-13,15,19,25,31H,4-9,14H2,1-3H3/t15?,19-/m1/s1. The van der Waals surface area contributed by atoms with Crippen LogP contribution in [0.2, 0.25) is 0 Å². The zero-order valence-corrected chi connectivity index (χ0v) is 18.5. The minimum Gasteiger partial charge on any atom is -0.391 e. The van der Waals surface area contributed by atoms with Crippen LogP contribution in [0.5, 0.6) is 0 Å². The molecule has 1 aromatic carbocycles. The van der Waals surface area contributed by atoms with E-state index in [1.54, 1.807) is 0 Å². The number of fused-ring (bicyclic) bond motifs is 1. The lowest BCUT2D eigenvalue weighted by molar-refractivity contribution is 0.198. The number of aliphatic hydroxyl groups excluding tert-OH is 1. The number of anilines is 1. The van der Waals surface area contributed by atoms with Crippen LogP contribution in [-0.2, 0) is 0 Å². The number of rotatable bonds is 8. The molecule has 4 rings (SSSR count). The van der Waals surface area contributed by atoms with Crippen LogP contribution in [0.4, 0.5) is 10.2 Å². The molecule has 2 N–H and O–H groups in total. The van der Waals surface area contributed by atoms with E-state index in [1.807, 2.05) is 23.9 Å². The number of halogens is 1. The second-order valence-corrected chi connectivity index (χ2v) is 8.47. The maximum atomic E-state index is 12.3. The van der Waals surface area contributed by atoms with Crippen molar-refractivity contribution in [3.63, 3.8) is 0 Å². The van der Waals surface area contributed by atoms with Gasteiger partial charge < -0.3 is 15.3 Å².